The lowest BCUT2D eigenvalue weighted by atomic mass is 9.81. The van der Waals surface area contributed by atoms with Crippen LogP contribution in [-0.2, 0) is 4.74 Å². The van der Waals surface area contributed by atoms with Crippen LogP contribution in [0.3, 0.4) is 0 Å². The molecule has 1 aliphatic carbocycles. The van der Waals surface area contributed by atoms with E-state index in [4.69, 9.17) is 16.3 Å². The molecule has 1 atom stereocenters. The number of carbonyl (C=O) groups is 1. The Morgan fingerprint density at radius 3 is 2.80 bits per heavy atom. The van der Waals surface area contributed by atoms with Crippen molar-refractivity contribution in [2.45, 2.75) is 44.1 Å². The number of Topliss-reactive ketones (excluding diaryl/α,β-unsaturated/α-hetero) is 1. The fourth-order valence-corrected chi connectivity index (χ4v) is 4.02. The zero-order valence-corrected chi connectivity index (χ0v) is 14.2. The monoisotopic (exact) mass is 404 g/mol. The summed E-state index contributed by atoms with van der Waals surface area (Å²) in [5.74, 6) is 0.329. The van der Waals surface area contributed by atoms with E-state index in [1.54, 1.807) is 0 Å². The second kappa shape index (κ2) is 5.93. The molecule has 0 aromatic heterocycles. The van der Waals surface area contributed by atoms with E-state index in [9.17, 15) is 4.79 Å². The van der Waals surface area contributed by atoms with E-state index in [0.717, 1.165) is 34.8 Å². The lowest BCUT2D eigenvalue weighted by Crippen LogP contribution is -2.39. The molecule has 1 aromatic rings. The third-order valence-corrected chi connectivity index (χ3v) is 6.15. The number of rotatable bonds is 2. The van der Waals surface area contributed by atoms with Gasteiger partial charge in [0.15, 0.2) is 5.78 Å². The van der Waals surface area contributed by atoms with Crippen LogP contribution < -0.4 is 0 Å². The van der Waals surface area contributed by atoms with Gasteiger partial charge < -0.3 is 4.74 Å². The number of hydrogen-bond donors (Lipinski definition) is 0. The average Bonchev–Trinajstić information content (AvgIpc) is 2.89. The summed E-state index contributed by atoms with van der Waals surface area (Å²) in [4.78, 5) is 12.7. The molecule has 3 rings (SSSR count). The van der Waals surface area contributed by atoms with Crippen molar-refractivity contribution in [2.24, 2.45) is 5.92 Å². The predicted molar refractivity (Wildman–Crippen MR) is 88.4 cm³/mol. The van der Waals surface area contributed by atoms with Crippen LogP contribution in [0.5, 0.6) is 0 Å². The molecule has 0 N–H and O–H groups in total. The van der Waals surface area contributed by atoms with E-state index in [2.05, 4.69) is 22.6 Å². The van der Waals surface area contributed by atoms with Crippen LogP contribution in [0.25, 0.3) is 0 Å². The SMILES string of the molecule is O=C(c1ccc(I)c(Cl)c1)C1CCOC2(CCCC2)C1. The molecule has 1 spiro atoms. The Bertz CT molecular complexity index is 523. The molecule has 1 aromatic carbocycles. The minimum atomic E-state index is -0.00836. The van der Waals surface area contributed by atoms with Crippen molar-refractivity contribution in [3.05, 3.63) is 32.4 Å². The molecule has 0 bridgehead atoms. The predicted octanol–water partition coefficient (Wildman–Crippen LogP) is 4.87. The standard InChI is InChI=1S/C16H18ClIO2/c17-13-9-11(3-4-14(13)18)15(19)12-5-8-20-16(10-12)6-1-2-7-16/h3-4,9,12H,1-2,5-8,10H2. The number of hydrogen-bond acceptors (Lipinski definition) is 2. The van der Waals surface area contributed by atoms with Gasteiger partial charge in [-0.1, -0.05) is 30.5 Å². The van der Waals surface area contributed by atoms with Gasteiger partial charge >= 0.3 is 0 Å². The van der Waals surface area contributed by atoms with E-state index >= 15 is 0 Å². The summed E-state index contributed by atoms with van der Waals surface area (Å²) < 4.78 is 6.99. The molecule has 4 heteroatoms. The third-order valence-electron chi connectivity index (χ3n) is 4.58. The fourth-order valence-electron chi connectivity index (χ4n) is 3.50. The highest BCUT2D eigenvalue weighted by atomic mass is 127. The maximum Gasteiger partial charge on any atom is 0.166 e. The van der Waals surface area contributed by atoms with Crippen molar-refractivity contribution in [3.63, 3.8) is 0 Å². The highest BCUT2D eigenvalue weighted by Gasteiger charge is 2.41. The summed E-state index contributed by atoms with van der Waals surface area (Å²) in [6.07, 6.45) is 6.42. The maximum atomic E-state index is 12.7. The van der Waals surface area contributed by atoms with Crippen LogP contribution in [0, 0.1) is 9.49 Å². The number of benzene rings is 1. The Morgan fingerprint density at radius 2 is 2.10 bits per heavy atom. The normalized spacial score (nSPS) is 25.0. The Labute approximate surface area is 138 Å². The Balaban J connectivity index is 1.77. The van der Waals surface area contributed by atoms with Crippen molar-refractivity contribution in [1.29, 1.82) is 0 Å². The highest BCUT2D eigenvalue weighted by molar-refractivity contribution is 14.1. The Morgan fingerprint density at radius 1 is 1.35 bits per heavy atom. The molecule has 2 aliphatic rings. The molecule has 1 heterocycles. The highest BCUT2D eigenvalue weighted by Crippen LogP contribution is 2.42. The Kier molecular flexibility index (Phi) is 4.39. The lowest BCUT2D eigenvalue weighted by molar-refractivity contribution is -0.0866. The van der Waals surface area contributed by atoms with Crippen LogP contribution >= 0.6 is 34.2 Å². The molecule has 2 nitrogen and oxygen atoms in total. The smallest absolute Gasteiger partial charge is 0.166 e. The summed E-state index contributed by atoms with van der Waals surface area (Å²) in [6.45, 7) is 0.717. The molecule has 20 heavy (non-hydrogen) atoms. The van der Waals surface area contributed by atoms with Crippen LogP contribution in [0.4, 0.5) is 0 Å². The lowest BCUT2D eigenvalue weighted by Gasteiger charge is -2.37. The first kappa shape index (κ1) is 14.8. The second-order valence-corrected chi connectivity index (χ2v) is 7.49. The minimum Gasteiger partial charge on any atom is -0.375 e. The molecular formula is C16H18ClIO2. The van der Waals surface area contributed by atoms with Gasteiger partial charge in [-0.15, -0.1) is 0 Å². The van der Waals surface area contributed by atoms with Gasteiger partial charge in [0.1, 0.15) is 0 Å². The van der Waals surface area contributed by atoms with Gasteiger partial charge in [-0.25, -0.2) is 0 Å². The largest absolute Gasteiger partial charge is 0.375 e. The number of halogens is 2. The zero-order valence-electron chi connectivity index (χ0n) is 11.3. The summed E-state index contributed by atoms with van der Waals surface area (Å²) in [5.41, 5.74) is 0.737. The Hall–Kier alpha value is -0.130. The van der Waals surface area contributed by atoms with Crippen molar-refractivity contribution >= 4 is 40.0 Å². The van der Waals surface area contributed by atoms with Gasteiger partial charge in [-0.3, -0.25) is 4.79 Å². The van der Waals surface area contributed by atoms with E-state index in [0.29, 0.717) is 11.6 Å². The van der Waals surface area contributed by atoms with Crippen molar-refractivity contribution < 1.29 is 9.53 Å². The maximum absolute atomic E-state index is 12.7. The zero-order chi connectivity index (χ0) is 14.2. The topological polar surface area (TPSA) is 26.3 Å². The third kappa shape index (κ3) is 2.90. The van der Waals surface area contributed by atoms with Gasteiger partial charge in [-0.05, 0) is 60.4 Å². The van der Waals surface area contributed by atoms with Gasteiger partial charge in [0.05, 0.1) is 10.6 Å². The molecule has 0 radical (unpaired) electrons. The molecule has 1 saturated carbocycles. The molecule has 1 saturated heterocycles. The number of ketones is 1. The quantitative estimate of drug-likeness (QED) is 0.519. The molecule has 1 unspecified atom stereocenters. The van der Waals surface area contributed by atoms with Crippen LogP contribution in [0.15, 0.2) is 18.2 Å². The summed E-state index contributed by atoms with van der Waals surface area (Å²) >= 11 is 8.31. The van der Waals surface area contributed by atoms with Crippen molar-refractivity contribution in [2.75, 3.05) is 6.61 Å². The van der Waals surface area contributed by atoms with Crippen LogP contribution in [0.2, 0.25) is 5.02 Å². The molecule has 108 valence electrons. The first-order valence-corrected chi connectivity index (χ1v) is 8.69. The van der Waals surface area contributed by atoms with E-state index in [1.165, 1.54) is 12.8 Å². The number of carbonyl (C=O) groups excluding carboxylic acids is 1. The summed E-state index contributed by atoms with van der Waals surface area (Å²) in [6, 6.07) is 5.62. The molecule has 1 aliphatic heterocycles. The molecular weight excluding hydrogens is 387 g/mol. The summed E-state index contributed by atoms with van der Waals surface area (Å²) in [7, 11) is 0. The van der Waals surface area contributed by atoms with Gasteiger partial charge in [0, 0.05) is 21.7 Å². The number of ether oxygens (including phenoxy) is 1. The first-order valence-electron chi connectivity index (χ1n) is 7.23. The second-order valence-electron chi connectivity index (χ2n) is 5.92. The van der Waals surface area contributed by atoms with Crippen LogP contribution in [0.1, 0.15) is 48.9 Å². The van der Waals surface area contributed by atoms with Gasteiger partial charge in [0.2, 0.25) is 0 Å². The van der Waals surface area contributed by atoms with E-state index < -0.39 is 0 Å². The fraction of sp³-hybridized carbons (Fsp3) is 0.562. The van der Waals surface area contributed by atoms with Gasteiger partial charge in [-0.2, -0.15) is 0 Å². The van der Waals surface area contributed by atoms with Crippen molar-refractivity contribution in [3.8, 4) is 0 Å². The minimum absolute atomic E-state index is 0.00836. The average molecular weight is 405 g/mol. The van der Waals surface area contributed by atoms with Crippen LogP contribution in [-0.4, -0.2) is 18.0 Å². The van der Waals surface area contributed by atoms with E-state index in [-0.39, 0.29) is 17.3 Å². The first-order chi connectivity index (χ1) is 9.60. The summed E-state index contributed by atoms with van der Waals surface area (Å²) in [5, 5.41) is 0.666. The van der Waals surface area contributed by atoms with Gasteiger partial charge in [0.25, 0.3) is 0 Å². The molecule has 0 amide bonds. The molecule has 2 fully saturated rings. The van der Waals surface area contributed by atoms with E-state index in [1.807, 2.05) is 18.2 Å². The van der Waals surface area contributed by atoms with Crippen molar-refractivity contribution in [1.82, 2.24) is 0 Å².